The van der Waals surface area contributed by atoms with Crippen molar-refractivity contribution in [2.24, 2.45) is 0 Å². The normalized spacial score (nSPS) is 15.6. The number of hydrogen-bond acceptors (Lipinski definition) is 2. The highest BCUT2D eigenvalue weighted by Crippen LogP contribution is 2.53. The molecule has 0 saturated heterocycles. The Hall–Kier alpha value is -3.18. The topological polar surface area (TPSA) is 25.8 Å². The molecular weight excluding hydrogens is 457 g/mol. The van der Waals surface area contributed by atoms with Gasteiger partial charge in [-0.3, -0.25) is 0 Å². The van der Waals surface area contributed by atoms with Crippen LogP contribution in [0.3, 0.4) is 0 Å². The van der Waals surface area contributed by atoms with Gasteiger partial charge in [-0.25, -0.2) is 9.97 Å². The zero-order chi connectivity index (χ0) is 23.4. The van der Waals surface area contributed by atoms with E-state index in [1.807, 2.05) is 0 Å². The first-order chi connectivity index (χ1) is 16.5. The second-order valence-electron chi connectivity index (χ2n) is 8.81. The molecule has 0 spiro atoms. The van der Waals surface area contributed by atoms with Crippen molar-refractivity contribution in [1.82, 2.24) is 9.97 Å². The molecule has 0 bridgehead atoms. The van der Waals surface area contributed by atoms with Gasteiger partial charge in [0.1, 0.15) is 0 Å². The number of aromatic nitrogens is 2. The molecular formula is C28H20ClF3N2. The lowest BCUT2D eigenvalue weighted by Crippen LogP contribution is -2.11. The Kier molecular flexibility index (Phi) is 4.99. The molecule has 0 radical (unpaired) electrons. The predicted molar refractivity (Wildman–Crippen MR) is 131 cm³/mol. The summed E-state index contributed by atoms with van der Waals surface area (Å²) >= 11 is 5.98. The van der Waals surface area contributed by atoms with Crippen LogP contribution in [-0.4, -0.2) is 9.97 Å². The minimum Gasteiger partial charge on any atom is -0.232 e. The highest BCUT2D eigenvalue weighted by atomic mass is 35.5. The van der Waals surface area contributed by atoms with Gasteiger partial charge in [0.2, 0.25) is 5.82 Å². The number of alkyl halides is 4. The van der Waals surface area contributed by atoms with Gasteiger partial charge in [0, 0.05) is 17.5 Å². The lowest BCUT2D eigenvalue weighted by molar-refractivity contribution is -0.144. The monoisotopic (exact) mass is 476 g/mol. The van der Waals surface area contributed by atoms with Gasteiger partial charge < -0.3 is 0 Å². The van der Waals surface area contributed by atoms with Gasteiger partial charge in [-0.1, -0.05) is 48.1 Å². The predicted octanol–water partition coefficient (Wildman–Crippen LogP) is 8.26. The zero-order valence-corrected chi connectivity index (χ0v) is 19.0. The third kappa shape index (κ3) is 3.33. The van der Waals surface area contributed by atoms with E-state index in [1.165, 1.54) is 76.5 Å². The summed E-state index contributed by atoms with van der Waals surface area (Å²) in [7, 11) is 0. The van der Waals surface area contributed by atoms with Crippen molar-refractivity contribution in [2.75, 3.05) is 0 Å². The summed E-state index contributed by atoms with van der Waals surface area (Å²) in [5, 5.41) is 3.57. The molecule has 6 heteroatoms. The average molecular weight is 477 g/mol. The molecule has 0 aliphatic heterocycles. The zero-order valence-electron chi connectivity index (χ0n) is 18.2. The Morgan fingerprint density at radius 2 is 1.82 bits per heavy atom. The SMILES string of the molecule is ClCc1cc2c3c4c(ccc3c1-2)C1=C(CCC=C1)CC4.FC(F)(F)c1ncc2ccccc2n1. The van der Waals surface area contributed by atoms with E-state index in [1.54, 1.807) is 29.3 Å². The fourth-order valence-corrected chi connectivity index (χ4v) is 5.49. The molecule has 1 aromatic heterocycles. The molecule has 0 amide bonds. The molecule has 1 heterocycles. The van der Waals surface area contributed by atoms with Crippen LogP contribution in [0.2, 0.25) is 0 Å². The van der Waals surface area contributed by atoms with Crippen LogP contribution in [0.5, 0.6) is 0 Å². The number of halogens is 4. The second kappa shape index (κ2) is 7.95. The molecule has 4 aliphatic rings. The molecule has 34 heavy (non-hydrogen) atoms. The van der Waals surface area contributed by atoms with Crippen molar-refractivity contribution >= 4 is 38.8 Å². The van der Waals surface area contributed by atoms with Gasteiger partial charge in [-0.15, -0.1) is 11.6 Å². The van der Waals surface area contributed by atoms with Crippen LogP contribution in [-0.2, 0) is 18.5 Å². The number of para-hydroxylation sites is 1. The fraction of sp³-hybridized carbons (Fsp3) is 0.214. The number of rotatable bonds is 1. The quantitative estimate of drug-likeness (QED) is 0.227. The van der Waals surface area contributed by atoms with E-state index >= 15 is 0 Å². The minimum atomic E-state index is -4.48. The third-order valence-electron chi connectivity index (χ3n) is 6.89. The van der Waals surface area contributed by atoms with E-state index in [0.29, 0.717) is 16.8 Å². The summed E-state index contributed by atoms with van der Waals surface area (Å²) in [5.41, 5.74) is 10.8. The number of hydrogen-bond donors (Lipinski definition) is 0. The van der Waals surface area contributed by atoms with Gasteiger partial charge >= 0.3 is 6.18 Å². The van der Waals surface area contributed by atoms with Gasteiger partial charge in [0.25, 0.3) is 0 Å². The highest BCUT2D eigenvalue weighted by molar-refractivity contribution is 6.24. The van der Waals surface area contributed by atoms with Gasteiger partial charge in [-0.2, -0.15) is 13.2 Å². The summed E-state index contributed by atoms with van der Waals surface area (Å²) in [6.07, 6.45) is 6.30. The fourth-order valence-electron chi connectivity index (χ4n) is 5.28. The van der Waals surface area contributed by atoms with Crippen molar-refractivity contribution in [1.29, 1.82) is 0 Å². The van der Waals surface area contributed by atoms with E-state index in [0.717, 1.165) is 0 Å². The van der Waals surface area contributed by atoms with Crippen LogP contribution in [0.15, 0.2) is 66.4 Å². The lowest BCUT2D eigenvalue weighted by atomic mass is 9.72. The van der Waals surface area contributed by atoms with E-state index in [2.05, 4.69) is 40.3 Å². The van der Waals surface area contributed by atoms with Gasteiger partial charge in [0.05, 0.1) is 5.52 Å². The molecule has 0 atom stereocenters. The number of nitrogens with zero attached hydrogens (tertiary/aromatic N) is 2. The van der Waals surface area contributed by atoms with Crippen LogP contribution < -0.4 is 0 Å². The molecule has 2 aromatic carbocycles. The summed E-state index contributed by atoms with van der Waals surface area (Å²) in [6, 6.07) is 13.5. The van der Waals surface area contributed by atoms with E-state index in [4.69, 9.17) is 11.6 Å². The first kappa shape index (κ1) is 21.4. The summed E-state index contributed by atoms with van der Waals surface area (Å²) in [6.45, 7) is 0. The summed E-state index contributed by atoms with van der Waals surface area (Å²) in [4.78, 5) is 6.65. The molecule has 7 rings (SSSR count). The lowest BCUT2D eigenvalue weighted by Gasteiger charge is -2.32. The number of benzene rings is 3. The van der Waals surface area contributed by atoms with Gasteiger partial charge in [-0.05, 0) is 82.0 Å². The molecule has 4 aliphatic carbocycles. The molecule has 2 nitrogen and oxygen atoms in total. The molecule has 170 valence electrons. The van der Waals surface area contributed by atoms with Crippen LogP contribution in [0.1, 0.15) is 41.8 Å². The molecule has 0 saturated carbocycles. The first-order valence-electron chi connectivity index (χ1n) is 11.3. The second-order valence-corrected chi connectivity index (χ2v) is 9.08. The third-order valence-corrected chi connectivity index (χ3v) is 7.18. The average Bonchev–Trinajstić information content (AvgIpc) is 2.83. The smallest absolute Gasteiger partial charge is 0.232 e. The minimum absolute atomic E-state index is 0.301. The Labute approximate surface area is 199 Å². The van der Waals surface area contributed by atoms with Crippen molar-refractivity contribution < 1.29 is 13.2 Å². The number of fused-ring (bicyclic) bond motifs is 8. The summed E-state index contributed by atoms with van der Waals surface area (Å²) in [5.74, 6) is -0.455. The van der Waals surface area contributed by atoms with E-state index in [-0.39, 0.29) is 0 Å². The van der Waals surface area contributed by atoms with E-state index < -0.39 is 12.0 Å². The highest BCUT2D eigenvalue weighted by Gasteiger charge is 2.34. The van der Waals surface area contributed by atoms with Crippen molar-refractivity contribution in [3.8, 4) is 11.1 Å². The maximum absolute atomic E-state index is 12.2. The maximum Gasteiger partial charge on any atom is 0.451 e. The molecule has 3 aromatic rings. The van der Waals surface area contributed by atoms with Crippen LogP contribution >= 0.6 is 11.6 Å². The standard InChI is InChI=1S/C19H15Cl.C9H5F3N2/c20-10-12-9-17-18(12)16-8-7-14-13-4-2-1-3-11(13)5-6-15(14)19(16)17;10-9(11,12)8-13-5-6-3-1-2-4-7(6)14-8/h2,4,7-9H,1,3,5-6,10H2;1-5H. The van der Waals surface area contributed by atoms with Crippen LogP contribution in [0.25, 0.3) is 38.4 Å². The number of allylic oxidation sites excluding steroid dienone is 4. The Morgan fingerprint density at radius 1 is 0.971 bits per heavy atom. The van der Waals surface area contributed by atoms with Crippen molar-refractivity contribution in [3.63, 3.8) is 0 Å². The van der Waals surface area contributed by atoms with Crippen LogP contribution in [0.4, 0.5) is 13.2 Å². The largest absolute Gasteiger partial charge is 0.451 e. The Bertz CT molecular complexity index is 1530. The van der Waals surface area contributed by atoms with Crippen LogP contribution in [0, 0.1) is 0 Å². The molecule has 0 unspecified atom stereocenters. The maximum atomic E-state index is 12.2. The van der Waals surface area contributed by atoms with Gasteiger partial charge in [0.15, 0.2) is 0 Å². The Morgan fingerprint density at radius 3 is 2.65 bits per heavy atom. The molecule has 0 fully saturated rings. The Balaban J connectivity index is 0.000000137. The first-order valence-corrected chi connectivity index (χ1v) is 11.8. The van der Waals surface area contributed by atoms with Crippen molar-refractivity contribution in [3.05, 3.63) is 88.9 Å². The van der Waals surface area contributed by atoms with E-state index in [9.17, 15) is 13.2 Å². The molecule has 0 N–H and O–H groups in total. The van der Waals surface area contributed by atoms with Crippen molar-refractivity contribution in [2.45, 2.75) is 37.7 Å². The number of aryl methyl sites for hydroxylation is 1. The summed E-state index contributed by atoms with van der Waals surface area (Å²) < 4.78 is 36.6.